The largest absolute Gasteiger partial charge is 0.480 e. The molecule has 2 unspecified atom stereocenters. The van der Waals surface area contributed by atoms with E-state index in [2.05, 4.69) is 11.9 Å². The minimum atomic E-state index is -3.48. The zero-order valence-corrected chi connectivity index (χ0v) is 14.3. The van der Waals surface area contributed by atoms with Crippen molar-refractivity contribution in [3.63, 3.8) is 0 Å². The normalized spacial score (nSPS) is 20.1. The van der Waals surface area contributed by atoms with Crippen LogP contribution < -0.4 is 5.32 Å². The molecule has 0 bridgehead atoms. The molecule has 1 aliphatic rings. The lowest BCUT2D eigenvalue weighted by Crippen LogP contribution is -2.51. The zero-order chi connectivity index (χ0) is 17.5. The van der Waals surface area contributed by atoms with Crippen molar-refractivity contribution in [2.24, 2.45) is 0 Å². The Kier molecular flexibility index (Phi) is 7.70. The average Bonchev–Trinajstić information content (AvgIpc) is 2.99. The number of unbranched alkanes of at least 4 members (excludes halogenated alkanes) is 1. The van der Waals surface area contributed by atoms with Crippen LogP contribution in [-0.4, -0.2) is 54.1 Å². The summed E-state index contributed by atoms with van der Waals surface area (Å²) in [6.45, 7) is 5.75. The lowest BCUT2D eigenvalue weighted by atomic mass is 10.1. The van der Waals surface area contributed by atoms with Crippen LogP contribution in [-0.2, 0) is 19.6 Å². The van der Waals surface area contributed by atoms with Crippen LogP contribution in [0.4, 0.5) is 0 Å². The molecule has 0 aliphatic carbocycles. The van der Waals surface area contributed by atoms with E-state index in [-0.39, 0.29) is 12.2 Å². The topological polar surface area (TPSA) is 104 Å². The summed E-state index contributed by atoms with van der Waals surface area (Å²) < 4.78 is 25.9. The lowest BCUT2D eigenvalue weighted by molar-refractivity contribution is -0.142. The monoisotopic (exact) mass is 346 g/mol. The van der Waals surface area contributed by atoms with Crippen molar-refractivity contribution in [3.05, 3.63) is 12.7 Å². The number of amides is 1. The molecule has 0 aromatic rings. The molecular weight excluding hydrogens is 320 g/mol. The molecule has 1 aliphatic heterocycles. The number of hydrogen-bond donors (Lipinski definition) is 2. The molecule has 2 N–H and O–H groups in total. The van der Waals surface area contributed by atoms with Crippen LogP contribution in [0.25, 0.3) is 0 Å². The maximum Gasteiger partial charge on any atom is 0.326 e. The molecule has 0 radical (unpaired) electrons. The summed E-state index contributed by atoms with van der Waals surface area (Å²) in [5.41, 5.74) is 0. The Bertz CT molecular complexity index is 532. The molecule has 0 saturated carbocycles. The van der Waals surface area contributed by atoms with E-state index in [4.69, 9.17) is 5.11 Å². The van der Waals surface area contributed by atoms with Crippen molar-refractivity contribution in [1.29, 1.82) is 0 Å². The Morgan fingerprint density at radius 2 is 2.17 bits per heavy atom. The molecule has 8 heteroatoms. The van der Waals surface area contributed by atoms with E-state index in [1.165, 1.54) is 4.31 Å². The highest BCUT2D eigenvalue weighted by Gasteiger charge is 2.39. The van der Waals surface area contributed by atoms with Gasteiger partial charge in [0.05, 0.1) is 5.75 Å². The molecule has 1 heterocycles. The molecule has 2 atom stereocenters. The fourth-order valence-electron chi connectivity index (χ4n) is 2.59. The molecule has 7 nitrogen and oxygen atoms in total. The van der Waals surface area contributed by atoms with Crippen LogP contribution in [0, 0.1) is 0 Å². The second kappa shape index (κ2) is 9.02. The van der Waals surface area contributed by atoms with Crippen molar-refractivity contribution in [3.8, 4) is 0 Å². The van der Waals surface area contributed by atoms with Crippen LogP contribution in [0.2, 0.25) is 0 Å². The Morgan fingerprint density at radius 1 is 1.48 bits per heavy atom. The van der Waals surface area contributed by atoms with Crippen molar-refractivity contribution in [2.75, 3.05) is 12.3 Å². The molecule has 1 saturated heterocycles. The molecule has 0 aromatic carbocycles. The van der Waals surface area contributed by atoms with Crippen molar-refractivity contribution >= 4 is 21.9 Å². The lowest BCUT2D eigenvalue weighted by Gasteiger charge is -2.24. The smallest absolute Gasteiger partial charge is 0.326 e. The Labute approximate surface area is 137 Å². The van der Waals surface area contributed by atoms with Crippen LogP contribution >= 0.6 is 0 Å². The Hall–Kier alpha value is -1.41. The number of carboxylic acid groups (broad SMARTS) is 1. The van der Waals surface area contributed by atoms with Gasteiger partial charge in [-0.25, -0.2) is 13.2 Å². The summed E-state index contributed by atoms with van der Waals surface area (Å²) in [5, 5.41) is 11.6. The molecule has 1 rings (SSSR count). The fraction of sp³-hybridized carbons (Fsp3) is 0.733. The molecular formula is C15H26N2O5S. The van der Waals surface area contributed by atoms with E-state index in [0.717, 1.165) is 6.42 Å². The van der Waals surface area contributed by atoms with Gasteiger partial charge in [-0.15, -0.1) is 6.58 Å². The molecule has 23 heavy (non-hydrogen) atoms. The third-order valence-electron chi connectivity index (χ3n) is 3.89. The standard InChI is InChI=1S/C15H26N2O5S/c1-3-5-8-12(15(19)20)16-14(18)13-9-7-10-17(13)23(21,22)11-6-4-2/h3,12-13H,1,4-11H2,2H3,(H,16,18)(H,19,20). The van der Waals surface area contributed by atoms with Crippen LogP contribution in [0.5, 0.6) is 0 Å². The summed E-state index contributed by atoms with van der Waals surface area (Å²) >= 11 is 0. The first-order valence-electron chi connectivity index (χ1n) is 7.97. The van der Waals surface area contributed by atoms with E-state index in [9.17, 15) is 18.0 Å². The summed E-state index contributed by atoms with van der Waals surface area (Å²) in [5.74, 6) is -1.64. The van der Waals surface area contributed by atoms with Gasteiger partial charge < -0.3 is 10.4 Å². The van der Waals surface area contributed by atoms with Gasteiger partial charge in [-0.05, 0) is 32.1 Å². The number of nitrogens with zero attached hydrogens (tertiary/aromatic N) is 1. The highest BCUT2D eigenvalue weighted by molar-refractivity contribution is 7.89. The highest BCUT2D eigenvalue weighted by Crippen LogP contribution is 2.22. The van der Waals surface area contributed by atoms with Gasteiger partial charge in [0.1, 0.15) is 12.1 Å². The second-order valence-electron chi connectivity index (χ2n) is 5.70. The van der Waals surface area contributed by atoms with Crippen LogP contribution in [0.15, 0.2) is 12.7 Å². The third-order valence-corrected chi connectivity index (χ3v) is 5.85. The minimum Gasteiger partial charge on any atom is -0.480 e. The number of aliphatic carboxylic acids is 1. The number of rotatable bonds is 10. The number of nitrogens with one attached hydrogen (secondary N) is 1. The summed E-state index contributed by atoms with van der Waals surface area (Å²) in [6, 6.07) is -1.83. The maximum absolute atomic E-state index is 12.3. The van der Waals surface area contributed by atoms with Crippen molar-refractivity contribution in [2.45, 2.75) is 57.5 Å². The van der Waals surface area contributed by atoms with Gasteiger partial charge in [0.15, 0.2) is 0 Å². The predicted molar refractivity (Wildman–Crippen MR) is 87.4 cm³/mol. The van der Waals surface area contributed by atoms with Gasteiger partial charge in [-0.1, -0.05) is 19.4 Å². The van der Waals surface area contributed by atoms with Gasteiger partial charge in [0.25, 0.3) is 0 Å². The van der Waals surface area contributed by atoms with E-state index < -0.39 is 34.0 Å². The second-order valence-corrected chi connectivity index (χ2v) is 7.74. The Morgan fingerprint density at radius 3 is 2.74 bits per heavy atom. The average molecular weight is 346 g/mol. The van der Waals surface area contributed by atoms with Gasteiger partial charge in [-0.2, -0.15) is 4.31 Å². The maximum atomic E-state index is 12.3. The Balaban J connectivity index is 2.76. The molecule has 1 fully saturated rings. The molecule has 0 spiro atoms. The van der Waals surface area contributed by atoms with Crippen molar-refractivity contribution < 1.29 is 23.1 Å². The quantitative estimate of drug-likeness (QED) is 0.577. The van der Waals surface area contributed by atoms with Gasteiger partial charge >= 0.3 is 5.97 Å². The van der Waals surface area contributed by atoms with E-state index in [1.54, 1.807) is 6.08 Å². The van der Waals surface area contributed by atoms with E-state index in [0.29, 0.717) is 32.2 Å². The summed E-state index contributed by atoms with van der Waals surface area (Å²) in [4.78, 5) is 23.5. The number of carboxylic acids is 1. The SMILES string of the molecule is C=CCCC(NC(=O)C1CCCN1S(=O)(=O)CCCC)C(=O)O. The number of allylic oxidation sites excluding steroid dienone is 1. The fourth-order valence-corrected chi connectivity index (χ4v) is 4.47. The summed E-state index contributed by atoms with van der Waals surface area (Å²) in [6.07, 6.45) is 4.61. The van der Waals surface area contributed by atoms with Crippen molar-refractivity contribution in [1.82, 2.24) is 9.62 Å². The number of hydrogen-bond acceptors (Lipinski definition) is 4. The van der Waals surface area contributed by atoms with Gasteiger partial charge in [-0.3, -0.25) is 4.79 Å². The summed E-state index contributed by atoms with van der Waals surface area (Å²) in [7, 11) is -3.48. The molecule has 1 amide bonds. The minimum absolute atomic E-state index is 0.0199. The first kappa shape index (κ1) is 19.6. The number of carbonyl (C=O) groups is 2. The van der Waals surface area contributed by atoms with E-state index >= 15 is 0 Å². The molecule has 132 valence electrons. The van der Waals surface area contributed by atoms with E-state index in [1.807, 2.05) is 6.92 Å². The number of sulfonamides is 1. The zero-order valence-electron chi connectivity index (χ0n) is 13.5. The third kappa shape index (κ3) is 5.62. The highest BCUT2D eigenvalue weighted by atomic mass is 32.2. The first-order valence-corrected chi connectivity index (χ1v) is 9.58. The predicted octanol–water partition coefficient (Wildman–Crippen LogP) is 1.12. The van der Waals surface area contributed by atoms with Crippen LogP contribution in [0.3, 0.4) is 0 Å². The first-order chi connectivity index (χ1) is 10.8. The van der Waals surface area contributed by atoms with Gasteiger partial charge in [0.2, 0.25) is 15.9 Å². The van der Waals surface area contributed by atoms with Crippen LogP contribution in [0.1, 0.15) is 45.4 Å². The molecule has 0 aromatic heterocycles. The van der Waals surface area contributed by atoms with Gasteiger partial charge in [0, 0.05) is 6.54 Å². The number of carbonyl (C=O) groups excluding carboxylic acids is 1.